The van der Waals surface area contributed by atoms with Gasteiger partial charge >= 0.3 is 6.18 Å². The quantitative estimate of drug-likeness (QED) is 0.567. The van der Waals surface area contributed by atoms with E-state index in [1.54, 1.807) is 32.4 Å². The molecule has 1 aromatic rings. The highest BCUT2D eigenvalue weighted by Crippen LogP contribution is 2.22. The molecule has 26 heavy (non-hydrogen) atoms. The third-order valence-electron chi connectivity index (χ3n) is 3.74. The molecule has 0 spiro atoms. The summed E-state index contributed by atoms with van der Waals surface area (Å²) in [6, 6.07) is 6.60. The second-order valence-electron chi connectivity index (χ2n) is 6.91. The topological polar surface area (TPSA) is 54.9 Å². The Morgan fingerprint density at radius 1 is 1.15 bits per heavy atom. The first-order valence-corrected chi connectivity index (χ1v) is 8.31. The normalized spacial score (nSPS) is 14.1. The second-order valence-corrected chi connectivity index (χ2v) is 6.91. The number of aliphatic imine (C=N–C) groups is 1. The van der Waals surface area contributed by atoms with Crippen LogP contribution in [0.25, 0.3) is 0 Å². The predicted molar refractivity (Wildman–Crippen MR) is 96.4 cm³/mol. The summed E-state index contributed by atoms with van der Waals surface area (Å²) in [6.45, 7) is 5.73. The summed E-state index contributed by atoms with van der Waals surface area (Å²) in [4.78, 5) is 4.12. The molecule has 2 N–H and O–H groups in total. The number of nitrogens with one attached hydrogen (secondary N) is 2. The van der Waals surface area contributed by atoms with Crippen LogP contribution in [0.5, 0.6) is 5.75 Å². The third kappa shape index (κ3) is 7.95. The Morgan fingerprint density at radius 2 is 1.81 bits per heavy atom. The van der Waals surface area contributed by atoms with Gasteiger partial charge in [0.05, 0.1) is 6.10 Å². The molecular weight excluding hydrogens is 347 g/mol. The minimum atomic E-state index is -4.37. The molecule has 8 heteroatoms. The molecule has 1 unspecified atom stereocenters. The van der Waals surface area contributed by atoms with Crippen LogP contribution in [0.1, 0.15) is 26.3 Å². The van der Waals surface area contributed by atoms with Gasteiger partial charge in [0.1, 0.15) is 5.75 Å². The van der Waals surface area contributed by atoms with Crippen molar-refractivity contribution in [2.75, 3.05) is 27.3 Å². The van der Waals surface area contributed by atoms with Gasteiger partial charge in [-0.2, -0.15) is 13.2 Å². The van der Waals surface area contributed by atoms with Crippen LogP contribution in [-0.4, -0.2) is 45.5 Å². The molecule has 0 bridgehead atoms. The Bertz CT molecular complexity index is 584. The van der Waals surface area contributed by atoms with Crippen molar-refractivity contribution in [3.05, 3.63) is 29.8 Å². The number of hydrogen-bond acceptors (Lipinski definition) is 3. The van der Waals surface area contributed by atoms with Crippen LogP contribution in [0.2, 0.25) is 0 Å². The second kappa shape index (κ2) is 9.66. The summed E-state index contributed by atoms with van der Waals surface area (Å²) in [6.07, 6.45) is -4.40. The highest BCUT2D eigenvalue weighted by atomic mass is 19.4. The number of halogens is 3. The van der Waals surface area contributed by atoms with Crippen LogP contribution >= 0.6 is 0 Å². The number of methoxy groups -OCH3 is 1. The number of ether oxygens (including phenoxy) is 2. The molecule has 0 aliphatic rings. The van der Waals surface area contributed by atoms with Crippen LogP contribution in [0.3, 0.4) is 0 Å². The zero-order valence-corrected chi connectivity index (χ0v) is 15.9. The van der Waals surface area contributed by atoms with Crippen molar-refractivity contribution < 1.29 is 22.6 Å². The number of benzene rings is 1. The van der Waals surface area contributed by atoms with E-state index < -0.39 is 12.8 Å². The van der Waals surface area contributed by atoms with Crippen LogP contribution in [0, 0.1) is 5.41 Å². The molecule has 5 nitrogen and oxygen atoms in total. The van der Waals surface area contributed by atoms with Crippen molar-refractivity contribution in [3.63, 3.8) is 0 Å². The van der Waals surface area contributed by atoms with E-state index in [4.69, 9.17) is 9.47 Å². The van der Waals surface area contributed by atoms with E-state index in [9.17, 15) is 13.2 Å². The van der Waals surface area contributed by atoms with E-state index in [2.05, 4.69) is 36.4 Å². The molecule has 0 aliphatic carbocycles. The van der Waals surface area contributed by atoms with Crippen molar-refractivity contribution in [3.8, 4) is 5.75 Å². The molecule has 0 saturated heterocycles. The van der Waals surface area contributed by atoms with Gasteiger partial charge < -0.3 is 20.1 Å². The number of alkyl halides is 3. The van der Waals surface area contributed by atoms with E-state index in [1.165, 1.54) is 6.07 Å². The van der Waals surface area contributed by atoms with Crippen molar-refractivity contribution in [2.24, 2.45) is 10.4 Å². The highest BCUT2D eigenvalue weighted by molar-refractivity contribution is 5.79. The number of nitrogens with zero attached hydrogens (tertiary/aromatic N) is 1. The Labute approximate surface area is 153 Å². The molecule has 1 rings (SSSR count). The Balaban J connectivity index is 2.64. The van der Waals surface area contributed by atoms with Crippen LogP contribution in [0.4, 0.5) is 13.2 Å². The summed E-state index contributed by atoms with van der Waals surface area (Å²) < 4.78 is 47.5. The minimum Gasteiger partial charge on any atom is -0.484 e. The van der Waals surface area contributed by atoms with Gasteiger partial charge in [-0.05, 0) is 11.5 Å². The molecule has 0 aliphatic heterocycles. The lowest BCUT2D eigenvalue weighted by Gasteiger charge is -2.30. The minimum absolute atomic E-state index is 0.0246. The van der Waals surface area contributed by atoms with Crippen molar-refractivity contribution in [2.45, 2.75) is 39.6 Å². The molecule has 1 atom stereocenters. The highest BCUT2D eigenvalue weighted by Gasteiger charge is 2.28. The molecule has 148 valence electrons. The largest absolute Gasteiger partial charge is 0.484 e. The number of para-hydroxylation sites is 1. The molecule has 0 fully saturated rings. The lowest BCUT2D eigenvalue weighted by Crippen LogP contribution is -2.45. The first-order valence-electron chi connectivity index (χ1n) is 8.31. The van der Waals surface area contributed by atoms with Gasteiger partial charge in [0, 0.05) is 32.8 Å². The molecule has 0 radical (unpaired) electrons. The van der Waals surface area contributed by atoms with Crippen molar-refractivity contribution in [1.82, 2.24) is 10.6 Å². The first-order chi connectivity index (χ1) is 12.1. The Kier molecular flexibility index (Phi) is 8.20. The molecule has 0 amide bonds. The van der Waals surface area contributed by atoms with Gasteiger partial charge in [0.2, 0.25) is 0 Å². The summed E-state index contributed by atoms with van der Waals surface area (Å²) >= 11 is 0. The zero-order valence-electron chi connectivity index (χ0n) is 15.9. The first kappa shape index (κ1) is 22.1. The van der Waals surface area contributed by atoms with E-state index in [-0.39, 0.29) is 23.8 Å². The maximum atomic E-state index is 12.4. The molecule has 1 aromatic carbocycles. The van der Waals surface area contributed by atoms with E-state index in [0.717, 1.165) is 0 Å². The van der Waals surface area contributed by atoms with Crippen molar-refractivity contribution in [1.29, 1.82) is 0 Å². The fourth-order valence-electron chi connectivity index (χ4n) is 2.28. The number of hydrogen-bond donors (Lipinski definition) is 2. The average Bonchev–Trinajstić information content (AvgIpc) is 2.55. The maximum absolute atomic E-state index is 12.4. The standard InChI is InChI=1S/C18H28F3N3O2/c1-17(2,3)15(25-5)11-24-16(22-4)23-10-13-8-6-7-9-14(13)26-12-18(19,20)21/h6-9,15H,10-12H2,1-5H3,(H2,22,23,24). The smallest absolute Gasteiger partial charge is 0.422 e. The average molecular weight is 375 g/mol. The lowest BCUT2D eigenvalue weighted by molar-refractivity contribution is -0.153. The number of guanidine groups is 1. The fraction of sp³-hybridized carbons (Fsp3) is 0.611. The van der Waals surface area contributed by atoms with Gasteiger partial charge in [-0.1, -0.05) is 39.0 Å². The Morgan fingerprint density at radius 3 is 2.35 bits per heavy atom. The maximum Gasteiger partial charge on any atom is 0.422 e. The van der Waals surface area contributed by atoms with Crippen LogP contribution < -0.4 is 15.4 Å². The van der Waals surface area contributed by atoms with Gasteiger partial charge in [-0.25, -0.2) is 0 Å². The SMILES string of the molecule is CN=C(NCc1ccccc1OCC(F)(F)F)NCC(OC)C(C)(C)C. The molecular formula is C18H28F3N3O2. The number of rotatable bonds is 7. The van der Waals surface area contributed by atoms with E-state index in [0.29, 0.717) is 18.1 Å². The molecule has 0 saturated carbocycles. The monoisotopic (exact) mass is 375 g/mol. The fourth-order valence-corrected chi connectivity index (χ4v) is 2.28. The van der Waals surface area contributed by atoms with Gasteiger partial charge in [0.25, 0.3) is 0 Å². The van der Waals surface area contributed by atoms with Crippen molar-refractivity contribution >= 4 is 5.96 Å². The van der Waals surface area contributed by atoms with E-state index in [1.807, 2.05) is 0 Å². The van der Waals surface area contributed by atoms with Gasteiger partial charge in [-0.15, -0.1) is 0 Å². The third-order valence-corrected chi connectivity index (χ3v) is 3.74. The van der Waals surface area contributed by atoms with Crippen LogP contribution in [0.15, 0.2) is 29.3 Å². The van der Waals surface area contributed by atoms with E-state index >= 15 is 0 Å². The molecule has 0 aromatic heterocycles. The lowest BCUT2D eigenvalue weighted by atomic mass is 9.89. The predicted octanol–water partition coefficient (Wildman–Crippen LogP) is 3.35. The summed E-state index contributed by atoms with van der Waals surface area (Å²) in [5, 5.41) is 6.24. The Hall–Kier alpha value is -1.96. The molecule has 0 heterocycles. The van der Waals surface area contributed by atoms with Gasteiger partial charge in [0.15, 0.2) is 12.6 Å². The van der Waals surface area contributed by atoms with Gasteiger partial charge in [-0.3, -0.25) is 4.99 Å². The van der Waals surface area contributed by atoms with Crippen LogP contribution in [-0.2, 0) is 11.3 Å². The summed E-state index contributed by atoms with van der Waals surface area (Å²) in [5.74, 6) is 0.721. The summed E-state index contributed by atoms with van der Waals surface area (Å²) in [5.41, 5.74) is 0.567. The summed E-state index contributed by atoms with van der Waals surface area (Å²) in [7, 11) is 3.28. The zero-order chi connectivity index (χ0) is 19.8.